The Morgan fingerprint density at radius 3 is 2.58 bits per heavy atom. The van der Waals surface area contributed by atoms with Crippen molar-refractivity contribution in [1.29, 1.82) is 0 Å². The van der Waals surface area contributed by atoms with Gasteiger partial charge in [0.2, 0.25) is 11.6 Å². The van der Waals surface area contributed by atoms with Crippen molar-refractivity contribution < 1.29 is 23.0 Å². The predicted molar refractivity (Wildman–Crippen MR) is 124 cm³/mol. The lowest BCUT2D eigenvalue weighted by Crippen LogP contribution is -2.23. The Balaban J connectivity index is 1.71. The number of methoxy groups -OCH3 is 1. The van der Waals surface area contributed by atoms with Crippen LogP contribution in [0, 0.1) is 25.5 Å². The Bertz CT molecular complexity index is 1550. The average molecular weight is 517 g/mol. The number of esters is 1. The molecule has 0 fully saturated rings. The molecule has 0 atom stereocenters. The van der Waals surface area contributed by atoms with Gasteiger partial charge in [0, 0.05) is 31.1 Å². The summed E-state index contributed by atoms with van der Waals surface area (Å²) in [6, 6.07) is 3.79. The fourth-order valence-electron chi connectivity index (χ4n) is 3.42. The first-order valence-corrected chi connectivity index (χ1v) is 10.8. The molecule has 0 amide bonds. The van der Waals surface area contributed by atoms with Crippen LogP contribution in [-0.4, -0.2) is 42.4 Å². The van der Waals surface area contributed by atoms with Gasteiger partial charge in [0.15, 0.2) is 5.82 Å². The second-order valence-corrected chi connectivity index (χ2v) is 8.08. The third kappa shape index (κ3) is 4.67. The Labute approximate surface area is 208 Å². The van der Waals surface area contributed by atoms with Crippen LogP contribution in [0.1, 0.15) is 27.6 Å². The molecule has 4 aromatic heterocycles. The predicted octanol–water partition coefficient (Wildman–Crippen LogP) is 3.34. The highest BCUT2D eigenvalue weighted by Crippen LogP contribution is 2.27. The van der Waals surface area contributed by atoms with Crippen molar-refractivity contribution >= 4 is 17.6 Å². The largest absolute Gasteiger partial charge is 0.485 e. The first-order chi connectivity index (χ1) is 17.1. The van der Waals surface area contributed by atoms with Crippen molar-refractivity contribution in [2.24, 2.45) is 7.05 Å². The maximum Gasteiger partial charge on any atom is 0.375 e. The van der Waals surface area contributed by atoms with Gasteiger partial charge >= 0.3 is 5.97 Å². The van der Waals surface area contributed by atoms with E-state index in [1.54, 1.807) is 27.0 Å². The normalized spacial score (nSPS) is 11.0. The topological polar surface area (TPSA) is 114 Å². The van der Waals surface area contributed by atoms with Gasteiger partial charge in [0.25, 0.3) is 5.56 Å². The molecule has 0 radical (unpaired) electrons. The first kappa shape index (κ1) is 24.9. The van der Waals surface area contributed by atoms with E-state index < -0.39 is 23.2 Å². The number of carbonyl (C=O) groups is 1. The van der Waals surface area contributed by atoms with Crippen LogP contribution < -0.4 is 10.3 Å². The van der Waals surface area contributed by atoms with Crippen LogP contribution in [0.25, 0.3) is 17.2 Å². The van der Waals surface area contributed by atoms with Crippen LogP contribution in [-0.2, 0) is 18.4 Å². The zero-order chi connectivity index (χ0) is 26.1. The van der Waals surface area contributed by atoms with Gasteiger partial charge in [-0.2, -0.15) is 4.98 Å². The Hall–Kier alpha value is -4.19. The molecule has 0 aromatic carbocycles. The number of carbonyl (C=O) groups excluding carboxylic acids is 1. The number of aryl methyl sites for hydroxylation is 3. The number of rotatable bonds is 6. The molecule has 0 bridgehead atoms. The van der Waals surface area contributed by atoms with E-state index >= 15 is 0 Å². The second kappa shape index (κ2) is 9.82. The fourth-order valence-corrected chi connectivity index (χ4v) is 3.61. The van der Waals surface area contributed by atoms with E-state index in [0.29, 0.717) is 28.7 Å². The highest BCUT2D eigenvalue weighted by Gasteiger charge is 2.20. The van der Waals surface area contributed by atoms with Gasteiger partial charge in [-0.1, -0.05) is 11.6 Å². The van der Waals surface area contributed by atoms with Crippen molar-refractivity contribution in [3.63, 3.8) is 0 Å². The third-order valence-corrected chi connectivity index (χ3v) is 5.57. The van der Waals surface area contributed by atoms with Gasteiger partial charge in [-0.05, 0) is 25.5 Å². The molecular weight excluding hydrogens is 498 g/mol. The van der Waals surface area contributed by atoms with Crippen molar-refractivity contribution in [2.75, 3.05) is 7.11 Å². The standard InChI is InChI=1S/C23H19ClF2N6O4/c1-11-8-27-15(20-29-21(23(34)35-4)31(3)30-20)7-17(11)32-12(2)5-18(19(24)22(32)33)36-10-16-14(26)6-13(25)9-28-16/h5-9H,10H2,1-4H3. The molecule has 4 heterocycles. The van der Waals surface area contributed by atoms with E-state index in [9.17, 15) is 18.4 Å². The van der Waals surface area contributed by atoms with Gasteiger partial charge in [0.1, 0.15) is 34.6 Å². The third-order valence-electron chi connectivity index (χ3n) is 5.22. The molecule has 0 saturated heterocycles. The molecule has 4 rings (SSSR count). The highest BCUT2D eigenvalue weighted by atomic mass is 35.5. The van der Waals surface area contributed by atoms with Gasteiger partial charge in [-0.15, -0.1) is 5.10 Å². The van der Waals surface area contributed by atoms with Gasteiger partial charge in [0.05, 0.1) is 19.0 Å². The lowest BCUT2D eigenvalue weighted by Gasteiger charge is -2.16. The SMILES string of the molecule is COC(=O)c1nc(-c2cc(-n3c(C)cc(OCc4ncc(F)cc4F)c(Cl)c3=O)c(C)cn2)nn1C. The van der Waals surface area contributed by atoms with Crippen molar-refractivity contribution in [3.8, 4) is 23.0 Å². The van der Waals surface area contributed by atoms with Crippen LogP contribution >= 0.6 is 11.6 Å². The van der Waals surface area contributed by atoms with Crippen molar-refractivity contribution in [2.45, 2.75) is 20.5 Å². The van der Waals surface area contributed by atoms with Crippen LogP contribution in [0.4, 0.5) is 8.78 Å². The molecular formula is C23H19ClF2N6O4. The number of hydrogen-bond donors (Lipinski definition) is 0. The summed E-state index contributed by atoms with van der Waals surface area (Å²) < 4.78 is 39.8. The summed E-state index contributed by atoms with van der Waals surface area (Å²) in [7, 11) is 2.77. The van der Waals surface area contributed by atoms with Gasteiger partial charge in [-0.3, -0.25) is 19.3 Å². The minimum atomic E-state index is -0.880. The Kier molecular flexibility index (Phi) is 6.80. The summed E-state index contributed by atoms with van der Waals surface area (Å²) in [5.41, 5.74) is 1.13. The van der Waals surface area contributed by atoms with Crippen molar-refractivity contribution in [1.82, 2.24) is 29.3 Å². The number of halogens is 3. The first-order valence-electron chi connectivity index (χ1n) is 10.4. The number of hydrogen-bond acceptors (Lipinski definition) is 8. The lowest BCUT2D eigenvalue weighted by atomic mass is 10.2. The smallest absolute Gasteiger partial charge is 0.375 e. The second-order valence-electron chi connectivity index (χ2n) is 7.71. The molecule has 4 aromatic rings. The van der Waals surface area contributed by atoms with E-state index in [-0.39, 0.29) is 34.7 Å². The van der Waals surface area contributed by atoms with E-state index in [4.69, 9.17) is 21.1 Å². The van der Waals surface area contributed by atoms with E-state index in [0.717, 1.165) is 6.20 Å². The summed E-state index contributed by atoms with van der Waals surface area (Å²) in [5, 5.41) is 3.96. The van der Waals surface area contributed by atoms with Crippen LogP contribution in [0.2, 0.25) is 5.02 Å². The molecule has 13 heteroatoms. The molecule has 0 saturated carbocycles. The van der Waals surface area contributed by atoms with E-state index in [2.05, 4.69) is 20.1 Å². The molecule has 0 aliphatic carbocycles. The van der Waals surface area contributed by atoms with Gasteiger partial charge in [-0.25, -0.2) is 18.3 Å². The quantitative estimate of drug-likeness (QED) is 0.358. The monoisotopic (exact) mass is 516 g/mol. The van der Waals surface area contributed by atoms with Crippen LogP contribution in [0.15, 0.2) is 35.4 Å². The molecule has 10 nitrogen and oxygen atoms in total. The molecule has 36 heavy (non-hydrogen) atoms. The average Bonchev–Trinajstić information content (AvgIpc) is 3.23. The summed E-state index contributed by atoms with van der Waals surface area (Å²) in [6.45, 7) is 3.06. The summed E-state index contributed by atoms with van der Waals surface area (Å²) in [6.07, 6.45) is 2.40. The maximum atomic E-state index is 13.9. The zero-order valence-electron chi connectivity index (χ0n) is 19.5. The minimum absolute atomic E-state index is 0.0126. The number of pyridine rings is 3. The Morgan fingerprint density at radius 2 is 1.89 bits per heavy atom. The van der Waals surface area contributed by atoms with Crippen LogP contribution in [0.5, 0.6) is 5.75 Å². The molecule has 0 aliphatic heterocycles. The number of ether oxygens (including phenoxy) is 2. The lowest BCUT2D eigenvalue weighted by molar-refractivity contribution is 0.0581. The molecule has 0 unspecified atom stereocenters. The maximum absolute atomic E-state index is 13.9. The molecule has 186 valence electrons. The number of aromatic nitrogens is 6. The molecule has 0 spiro atoms. The van der Waals surface area contributed by atoms with Gasteiger partial charge < -0.3 is 9.47 Å². The minimum Gasteiger partial charge on any atom is -0.485 e. The van der Waals surface area contributed by atoms with Crippen LogP contribution in [0.3, 0.4) is 0 Å². The highest BCUT2D eigenvalue weighted by molar-refractivity contribution is 6.31. The summed E-state index contributed by atoms with van der Waals surface area (Å²) in [5.74, 6) is -2.20. The number of nitrogens with zero attached hydrogens (tertiary/aromatic N) is 6. The van der Waals surface area contributed by atoms with E-state index in [1.807, 2.05) is 0 Å². The summed E-state index contributed by atoms with van der Waals surface area (Å²) >= 11 is 6.31. The summed E-state index contributed by atoms with van der Waals surface area (Å²) in [4.78, 5) is 37.2. The zero-order valence-corrected chi connectivity index (χ0v) is 20.3. The van der Waals surface area contributed by atoms with Crippen molar-refractivity contribution in [3.05, 3.63) is 80.4 Å². The molecule has 0 aliphatic rings. The Morgan fingerprint density at radius 1 is 1.14 bits per heavy atom. The molecule has 0 N–H and O–H groups in total. The van der Waals surface area contributed by atoms with E-state index in [1.165, 1.54) is 28.6 Å². The fraction of sp³-hybridized carbons (Fsp3) is 0.217.